The molecule has 5 atom stereocenters. The van der Waals surface area contributed by atoms with E-state index in [1.807, 2.05) is 0 Å². The normalized spacial score (nSPS) is 14.8. The van der Waals surface area contributed by atoms with Crippen molar-refractivity contribution in [1.82, 2.24) is 16.0 Å². The smallest absolute Gasteiger partial charge is 0.326 e. The number of nitrogens with one attached hydrogen (secondary N) is 3. The zero-order valence-corrected chi connectivity index (χ0v) is 20.3. The fraction of sp³-hybridized carbons (Fsp3) is 0.478. The van der Waals surface area contributed by atoms with Crippen LogP contribution in [0.2, 0.25) is 0 Å². The molecular weight excluding hydrogens is 490 g/mol. The van der Waals surface area contributed by atoms with Crippen molar-refractivity contribution >= 4 is 35.6 Å². The predicted octanol–water partition coefficient (Wildman–Crippen LogP) is -2.39. The number of nitrogens with two attached hydrogens (primary N) is 2. The van der Waals surface area contributed by atoms with Crippen molar-refractivity contribution in [2.45, 2.75) is 69.3 Å². The second kappa shape index (κ2) is 15.2. The molecule has 1 aromatic rings. The molecule has 10 N–H and O–H groups in total. The molecule has 0 fully saturated rings. The van der Waals surface area contributed by atoms with Gasteiger partial charge in [-0.3, -0.25) is 24.0 Å². The Kier molecular flexibility index (Phi) is 12.7. The van der Waals surface area contributed by atoms with E-state index < -0.39 is 65.8 Å². The highest BCUT2D eigenvalue weighted by molar-refractivity contribution is 5.94. The van der Waals surface area contributed by atoms with Crippen molar-refractivity contribution in [3.8, 4) is 0 Å². The molecule has 5 unspecified atom stereocenters. The van der Waals surface area contributed by atoms with E-state index in [-0.39, 0.29) is 32.1 Å². The molecule has 0 saturated heterocycles. The number of aliphatic hydroxyl groups is 1. The first kappa shape index (κ1) is 31.0. The topological polar surface area (TPSA) is 251 Å². The van der Waals surface area contributed by atoms with Gasteiger partial charge in [-0.2, -0.15) is 0 Å². The van der Waals surface area contributed by atoms with Gasteiger partial charge in [-0.1, -0.05) is 30.3 Å². The number of rotatable bonds is 16. The largest absolute Gasteiger partial charge is 0.481 e. The fourth-order valence-electron chi connectivity index (χ4n) is 3.21. The molecule has 14 heteroatoms. The average molecular weight is 524 g/mol. The molecule has 204 valence electrons. The number of carbonyl (C=O) groups is 6. The van der Waals surface area contributed by atoms with Gasteiger partial charge in [0.25, 0.3) is 0 Å². The van der Waals surface area contributed by atoms with Crippen LogP contribution in [0.15, 0.2) is 30.3 Å². The molecule has 0 aliphatic rings. The molecule has 4 amide bonds. The number of aliphatic hydroxyl groups excluding tert-OH is 1. The van der Waals surface area contributed by atoms with Crippen LogP contribution in [0.5, 0.6) is 0 Å². The molecule has 0 heterocycles. The zero-order valence-electron chi connectivity index (χ0n) is 20.3. The number of carbonyl (C=O) groups excluding carboxylic acids is 4. The average Bonchev–Trinajstić information content (AvgIpc) is 2.82. The van der Waals surface area contributed by atoms with E-state index in [4.69, 9.17) is 16.6 Å². The third-order valence-electron chi connectivity index (χ3n) is 5.28. The van der Waals surface area contributed by atoms with E-state index in [0.29, 0.717) is 5.56 Å². The second-order valence-electron chi connectivity index (χ2n) is 8.42. The molecule has 14 nitrogen and oxygen atoms in total. The monoisotopic (exact) mass is 523 g/mol. The Morgan fingerprint density at radius 2 is 1.43 bits per heavy atom. The van der Waals surface area contributed by atoms with Crippen molar-refractivity contribution in [2.24, 2.45) is 11.5 Å². The molecular formula is C23H33N5O9. The van der Waals surface area contributed by atoms with Gasteiger partial charge < -0.3 is 42.7 Å². The van der Waals surface area contributed by atoms with E-state index in [9.17, 15) is 39.0 Å². The van der Waals surface area contributed by atoms with Crippen LogP contribution in [-0.4, -0.2) is 81.2 Å². The third-order valence-corrected chi connectivity index (χ3v) is 5.28. The van der Waals surface area contributed by atoms with E-state index >= 15 is 0 Å². The van der Waals surface area contributed by atoms with Crippen LogP contribution in [0, 0.1) is 0 Å². The summed E-state index contributed by atoms with van der Waals surface area (Å²) in [5.74, 6) is -6.09. The summed E-state index contributed by atoms with van der Waals surface area (Å²) in [5.41, 5.74) is 11.4. The van der Waals surface area contributed by atoms with E-state index in [1.54, 1.807) is 30.3 Å². The molecule has 0 spiro atoms. The van der Waals surface area contributed by atoms with Crippen LogP contribution in [0.3, 0.4) is 0 Å². The highest BCUT2D eigenvalue weighted by atomic mass is 16.4. The molecule has 1 rings (SSSR count). The summed E-state index contributed by atoms with van der Waals surface area (Å²) in [5, 5.41) is 35.1. The maximum absolute atomic E-state index is 13.1. The van der Waals surface area contributed by atoms with Crippen LogP contribution in [0.1, 0.15) is 38.2 Å². The number of aliphatic carboxylic acids is 2. The first-order valence-electron chi connectivity index (χ1n) is 11.4. The summed E-state index contributed by atoms with van der Waals surface area (Å²) in [6.45, 7) is 1.19. The molecule has 1 aromatic carbocycles. The van der Waals surface area contributed by atoms with Crippen molar-refractivity contribution in [3.63, 3.8) is 0 Å². The minimum absolute atomic E-state index is 0.0332. The van der Waals surface area contributed by atoms with Gasteiger partial charge in [0.05, 0.1) is 12.1 Å². The summed E-state index contributed by atoms with van der Waals surface area (Å²) < 4.78 is 0. The summed E-state index contributed by atoms with van der Waals surface area (Å²) in [6.07, 6.45) is -2.68. The van der Waals surface area contributed by atoms with Gasteiger partial charge in [-0.05, 0) is 25.3 Å². The van der Waals surface area contributed by atoms with Gasteiger partial charge in [0, 0.05) is 19.3 Å². The van der Waals surface area contributed by atoms with Crippen molar-refractivity contribution in [1.29, 1.82) is 0 Å². The highest BCUT2D eigenvalue weighted by Crippen LogP contribution is 2.07. The highest BCUT2D eigenvalue weighted by Gasteiger charge is 2.33. The quantitative estimate of drug-likeness (QED) is 0.114. The number of amides is 4. The van der Waals surface area contributed by atoms with E-state index in [0.717, 1.165) is 0 Å². The van der Waals surface area contributed by atoms with Gasteiger partial charge in [-0.15, -0.1) is 0 Å². The SMILES string of the molecule is CC(O)C(NC(=O)C(Cc1ccccc1)NC(=O)C(N)CCC(=O)O)C(=O)NC(CCC(N)=O)C(=O)O. The Hall–Kier alpha value is -4.04. The third kappa shape index (κ3) is 11.5. The minimum atomic E-state index is -1.61. The first-order valence-corrected chi connectivity index (χ1v) is 11.4. The van der Waals surface area contributed by atoms with Crippen LogP contribution in [0.4, 0.5) is 0 Å². The van der Waals surface area contributed by atoms with Crippen molar-refractivity contribution < 1.29 is 44.1 Å². The molecule has 37 heavy (non-hydrogen) atoms. The zero-order chi connectivity index (χ0) is 28.1. The lowest BCUT2D eigenvalue weighted by atomic mass is 10.0. The van der Waals surface area contributed by atoms with Gasteiger partial charge in [-0.25, -0.2) is 4.79 Å². The molecule has 0 bridgehead atoms. The van der Waals surface area contributed by atoms with Gasteiger partial charge in [0.1, 0.15) is 18.1 Å². The summed E-state index contributed by atoms with van der Waals surface area (Å²) in [6, 6.07) is 2.90. The Labute approximate surface area is 212 Å². The Bertz CT molecular complexity index is 971. The number of hydrogen-bond acceptors (Lipinski definition) is 8. The molecule has 0 aliphatic heterocycles. The maximum atomic E-state index is 13.1. The molecule has 0 saturated carbocycles. The second-order valence-corrected chi connectivity index (χ2v) is 8.42. The van der Waals surface area contributed by atoms with Crippen LogP contribution >= 0.6 is 0 Å². The summed E-state index contributed by atoms with van der Waals surface area (Å²) >= 11 is 0. The molecule has 0 aliphatic carbocycles. The number of hydrogen-bond donors (Lipinski definition) is 8. The van der Waals surface area contributed by atoms with Crippen LogP contribution in [0.25, 0.3) is 0 Å². The van der Waals surface area contributed by atoms with E-state index in [2.05, 4.69) is 16.0 Å². The number of primary amides is 1. The fourth-order valence-corrected chi connectivity index (χ4v) is 3.21. The summed E-state index contributed by atoms with van der Waals surface area (Å²) in [4.78, 5) is 71.5. The van der Waals surface area contributed by atoms with Crippen molar-refractivity contribution in [2.75, 3.05) is 0 Å². The lowest BCUT2D eigenvalue weighted by Crippen LogP contribution is -2.60. The first-order chi connectivity index (χ1) is 17.3. The van der Waals surface area contributed by atoms with Gasteiger partial charge in [0.15, 0.2) is 0 Å². The lowest BCUT2D eigenvalue weighted by Gasteiger charge is -2.26. The molecule has 0 aromatic heterocycles. The van der Waals surface area contributed by atoms with Gasteiger partial charge in [0.2, 0.25) is 23.6 Å². The Morgan fingerprint density at radius 1 is 0.838 bits per heavy atom. The number of carboxylic acids is 2. The Morgan fingerprint density at radius 3 is 1.95 bits per heavy atom. The van der Waals surface area contributed by atoms with Crippen LogP contribution < -0.4 is 27.4 Å². The van der Waals surface area contributed by atoms with E-state index in [1.165, 1.54) is 6.92 Å². The van der Waals surface area contributed by atoms with Crippen molar-refractivity contribution in [3.05, 3.63) is 35.9 Å². The Balaban J connectivity index is 3.04. The van der Waals surface area contributed by atoms with Gasteiger partial charge >= 0.3 is 11.9 Å². The molecule has 0 radical (unpaired) electrons. The number of benzene rings is 1. The lowest BCUT2D eigenvalue weighted by molar-refractivity contribution is -0.143. The standard InChI is InChI=1S/C23H33N5O9/c1-12(29)19(22(35)26-15(23(36)37)8-9-17(25)30)28-21(34)16(11-13-5-3-2-4-6-13)27-20(33)14(24)7-10-18(31)32/h2-6,12,14-16,19,29H,7-11,24H2,1H3,(H2,25,30)(H,26,35)(H,27,33)(H,28,34)(H,31,32)(H,36,37). The number of carboxylic acid groups (broad SMARTS) is 2. The summed E-state index contributed by atoms with van der Waals surface area (Å²) in [7, 11) is 0. The maximum Gasteiger partial charge on any atom is 0.326 e. The van der Waals surface area contributed by atoms with Crippen LogP contribution in [-0.2, 0) is 35.2 Å². The predicted molar refractivity (Wildman–Crippen MR) is 129 cm³/mol. The minimum Gasteiger partial charge on any atom is -0.481 e.